The molecule has 1 aliphatic rings. The van der Waals surface area contributed by atoms with Crippen molar-refractivity contribution in [2.24, 2.45) is 0 Å². The number of likely N-dealkylation sites (tertiary alicyclic amines) is 1. The van der Waals surface area contributed by atoms with Crippen molar-refractivity contribution in [1.82, 2.24) is 20.0 Å². The van der Waals surface area contributed by atoms with Crippen LogP contribution in [0.25, 0.3) is 22.8 Å². The van der Waals surface area contributed by atoms with E-state index in [1.807, 2.05) is 12.1 Å². The fourth-order valence-corrected chi connectivity index (χ4v) is 3.19. The zero-order valence-electron chi connectivity index (χ0n) is 14.2. The van der Waals surface area contributed by atoms with E-state index in [-0.39, 0.29) is 5.56 Å². The van der Waals surface area contributed by atoms with Crippen LogP contribution >= 0.6 is 0 Å². The summed E-state index contributed by atoms with van der Waals surface area (Å²) in [6.07, 6.45) is 4.16. The van der Waals surface area contributed by atoms with Crippen molar-refractivity contribution >= 4 is 0 Å². The molecule has 0 bridgehead atoms. The van der Waals surface area contributed by atoms with Crippen LogP contribution in [0.4, 0.5) is 0 Å². The summed E-state index contributed by atoms with van der Waals surface area (Å²) >= 11 is 0. The Balaban J connectivity index is 1.59. The van der Waals surface area contributed by atoms with Gasteiger partial charge in [0.15, 0.2) is 0 Å². The number of nitrogens with one attached hydrogen (secondary N) is 1. The zero-order chi connectivity index (χ0) is 17.2. The summed E-state index contributed by atoms with van der Waals surface area (Å²) in [6.45, 7) is 5.05. The number of aromatic amines is 1. The number of hydrogen-bond donors (Lipinski definition) is 1. The Labute approximate surface area is 145 Å². The molecule has 1 aliphatic heterocycles. The number of nitrogens with zero attached hydrogens (tertiary/aromatic N) is 3. The van der Waals surface area contributed by atoms with Gasteiger partial charge in [0.25, 0.3) is 11.4 Å². The highest BCUT2D eigenvalue weighted by Crippen LogP contribution is 2.23. The smallest absolute Gasteiger partial charge is 0.259 e. The molecule has 6 heteroatoms. The van der Waals surface area contributed by atoms with Gasteiger partial charge in [-0.2, -0.15) is 4.98 Å². The molecule has 3 aromatic rings. The summed E-state index contributed by atoms with van der Waals surface area (Å²) in [6, 6.07) is 10.0. The third-order valence-corrected chi connectivity index (χ3v) is 4.55. The SMILES string of the molecule is Cc1cc(-c2nc(-c3cccc(CN4CCCC4)c3)no2)c[nH]c1=O. The van der Waals surface area contributed by atoms with Crippen LogP contribution in [-0.4, -0.2) is 33.1 Å². The van der Waals surface area contributed by atoms with Gasteiger partial charge in [0.05, 0.1) is 5.56 Å². The molecule has 2 aromatic heterocycles. The van der Waals surface area contributed by atoms with Gasteiger partial charge in [-0.1, -0.05) is 23.4 Å². The van der Waals surface area contributed by atoms with Crippen molar-refractivity contribution in [2.45, 2.75) is 26.3 Å². The standard InChI is InChI=1S/C19H20N4O2/c1-13-9-16(11-20-18(13)24)19-21-17(22-25-19)15-6-4-5-14(10-15)12-23-7-2-3-8-23/h4-6,9-11H,2-3,7-8,12H2,1H3,(H,20,24). The van der Waals surface area contributed by atoms with Crippen molar-refractivity contribution in [3.63, 3.8) is 0 Å². The minimum absolute atomic E-state index is 0.113. The Bertz CT molecular complexity index is 938. The number of H-pyrrole nitrogens is 1. The average Bonchev–Trinajstić information content (AvgIpc) is 3.29. The van der Waals surface area contributed by atoms with Crippen LogP contribution in [0.3, 0.4) is 0 Å². The molecular formula is C19H20N4O2. The van der Waals surface area contributed by atoms with Crippen molar-refractivity contribution in [3.05, 3.63) is 58.0 Å². The van der Waals surface area contributed by atoms with E-state index >= 15 is 0 Å². The van der Waals surface area contributed by atoms with E-state index in [4.69, 9.17) is 4.52 Å². The highest BCUT2D eigenvalue weighted by molar-refractivity contribution is 5.60. The van der Waals surface area contributed by atoms with Crippen LogP contribution in [0, 0.1) is 6.92 Å². The normalized spacial score (nSPS) is 14.9. The zero-order valence-corrected chi connectivity index (χ0v) is 14.2. The van der Waals surface area contributed by atoms with E-state index < -0.39 is 0 Å². The second-order valence-corrected chi connectivity index (χ2v) is 6.51. The molecule has 1 aromatic carbocycles. The van der Waals surface area contributed by atoms with Gasteiger partial charge in [-0.15, -0.1) is 0 Å². The Morgan fingerprint density at radius 1 is 1.20 bits per heavy atom. The highest BCUT2D eigenvalue weighted by Gasteiger charge is 2.14. The minimum atomic E-state index is -0.113. The Kier molecular flexibility index (Phi) is 4.19. The summed E-state index contributed by atoms with van der Waals surface area (Å²) in [4.78, 5) is 21.1. The number of hydrogen-bond acceptors (Lipinski definition) is 5. The second kappa shape index (κ2) is 6.64. The van der Waals surface area contributed by atoms with Crippen LogP contribution in [0.5, 0.6) is 0 Å². The molecule has 3 heterocycles. The Hall–Kier alpha value is -2.73. The van der Waals surface area contributed by atoms with Crippen LogP contribution in [0.1, 0.15) is 24.0 Å². The van der Waals surface area contributed by atoms with Gasteiger partial charge < -0.3 is 9.51 Å². The van der Waals surface area contributed by atoms with Crippen molar-refractivity contribution in [3.8, 4) is 22.8 Å². The fourth-order valence-electron chi connectivity index (χ4n) is 3.19. The van der Waals surface area contributed by atoms with E-state index in [9.17, 15) is 4.79 Å². The van der Waals surface area contributed by atoms with Crippen LogP contribution in [0.15, 0.2) is 45.8 Å². The molecule has 4 rings (SSSR count). The highest BCUT2D eigenvalue weighted by atomic mass is 16.5. The summed E-state index contributed by atoms with van der Waals surface area (Å²) in [7, 11) is 0. The molecule has 1 N–H and O–H groups in total. The van der Waals surface area contributed by atoms with Gasteiger partial charge >= 0.3 is 0 Å². The quantitative estimate of drug-likeness (QED) is 0.793. The van der Waals surface area contributed by atoms with Crippen LogP contribution in [-0.2, 0) is 6.54 Å². The topological polar surface area (TPSA) is 75.0 Å². The Morgan fingerprint density at radius 3 is 2.84 bits per heavy atom. The van der Waals surface area contributed by atoms with Gasteiger partial charge in [0.2, 0.25) is 5.82 Å². The predicted molar refractivity (Wildman–Crippen MR) is 95.0 cm³/mol. The van der Waals surface area contributed by atoms with Crippen molar-refractivity contribution in [1.29, 1.82) is 0 Å². The lowest BCUT2D eigenvalue weighted by atomic mass is 10.1. The summed E-state index contributed by atoms with van der Waals surface area (Å²) in [5.74, 6) is 0.960. The monoisotopic (exact) mass is 336 g/mol. The number of benzene rings is 1. The van der Waals surface area contributed by atoms with Crippen molar-refractivity contribution < 1.29 is 4.52 Å². The predicted octanol–water partition coefficient (Wildman–Crippen LogP) is 3.00. The first-order valence-electron chi connectivity index (χ1n) is 8.54. The molecule has 0 atom stereocenters. The third kappa shape index (κ3) is 3.39. The molecule has 0 saturated carbocycles. The largest absolute Gasteiger partial charge is 0.334 e. The van der Waals surface area contributed by atoms with Gasteiger partial charge in [0, 0.05) is 23.9 Å². The minimum Gasteiger partial charge on any atom is -0.334 e. The molecule has 25 heavy (non-hydrogen) atoms. The number of aryl methyl sites for hydroxylation is 1. The van der Waals surface area contributed by atoms with Gasteiger partial charge in [0.1, 0.15) is 0 Å². The van der Waals surface area contributed by atoms with Crippen LogP contribution < -0.4 is 5.56 Å². The summed E-state index contributed by atoms with van der Waals surface area (Å²) in [5, 5.41) is 4.10. The third-order valence-electron chi connectivity index (χ3n) is 4.55. The van der Waals surface area contributed by atoms with Gasteiger partial charge in [-0.25, -0.2) is 0 Å². The maximum Gasteiger partial charge on any atom is 0.259 e. The molecule has 1 saturated heterocycles. The molecule has 0 amide bonds. The first kappa shape index (κ1) is 15.8. The molecule has 0 aliphatic carbocycles. The average molecular weight is 336 g/mol. The van der Waals surface area contributed by atoms with Gasteiger partial charge in [-0.3, -0.25) is 9.69 Å². The number of rotatable bonds is 4. The molecule has 0 spiro atoms. The molecule has 128 valence electrons. The fraction of sp³-hybridized carbons (Fsp3) is 0.316. The lowest BCUT2D eigenvalue weighted by Gasteiger charge is -2.14. The first-order chi connectivity index (χ1) is 12.2. The molecule has 6 nitrogen and oxygen atoms in total. The second-order valence-electron chi connectivity index (χ2n) is 6.51. The lowest BCUT2D eigenvalue weighted by molar-refractivity contribution is 0.331. The lowest BCUT2D eigenvalue weighted by Crippen LogP contribution is -2.18. The van der Waals surface area contributed by atoms with Crippen LogP contribution in [0.2, 0.25) is 0 Å². The molecule has 0 radical (unpaired) electrons. The van der Waals surface area contributed by atoms with E-state index in [0.717, 1.165) is 12.1 Å². The summed E-state index contributed by atoms with van der Waals surface area (Å²) in [5.41, 5.74) is 3.41. The van der Waals surface area contributed by atoms with Gasteiger partial charge in [-0.05, 0) is 50.6 Å². The van der Waals surface area contributed by atoms with Crippen molar-refractivity contribution in [2.75, 3.05) is 13.1 Å². The number of aromatic nitrogens is 3. The molecule has 0 unspecified atom stereocenters. The van der Waals surface area contributed by atoms with E-state index in [2.05, 4.69) is 32.2 Å². The van der Waals surface area contributed by atoms with E-state index in [1.54, 1.807) is 19.2 Å². The molecule has 1 fully saturated rings. The Morgan fingerprint density at radius 2 is 2.04 bits per heavy atom. The maximum atomic E-state index is 11.5. The van der Waals surface area contributed by atoms with E-state index in [0.29, 0.717) is 22.8 Å². The maximum absolute atomic E-state index is 11.5. The summed E-state index contributed by atoms with van der Waals surface area (Å²) < 4.78 is 5.38. The van der Waals surface area contributed by atoms with E-state index in [1.165, 1.54) is 31.5 Å². The first-order valence-corrected chi connectivity index (χ1v) is 8.54. The molecular weight excluding hydrogens is 316 g/mol. The number of pyridine rings is 1.